The third-order valence-electron chi connectivity index (χ3n) is 3.10. The second-order valence-corrected chi connectivity index (χ2v) is 5.47. The molecule has 0 spiro atoms. The molecule has 0 amide bonds. The highest BCUT2D eigenvalue weighted by Gasteiger charge is 2.17. The predicted octanol–water partition coefficient (Wildman–Crippen LogP) is 2.24. The van der Waals surface area contributed by atoms with Crippen molar-refractivity contribution in [2.24, 2.45) is 5.41 Å². The number of hydrogen-bond donors (Lipinski definition) is 2. The van der Waals surface area contributed by atoms with Gasteiger partial charge in [-0.2, -0.15) is 0 Å². The monoisotopic (exact) mass is 260 g/mol. The highest BCUT2D eigenvalue weighted by molar-refractivity contribution is 5.73. The molecule has 0 saturated carbocycles. The number of hydrogen-bond acceptors (Lipinski definition) is 5. The number of nitrogens with zero attached hydrogens (tertiary/aromatic N) is 3. The number of para-hydroxylation sites is 1. The zero-order chi connectivity index (χ0) is 13.7. The smallest absolute Gasteiger partial charge is 0.243 e. The molecule has 5 nitrogen and oxygen atoms in total. The van der Waals surface area contributed by atoms with Gasteiger partial charge in [-0.15, -0.1) is 10.2 Å². The lowest BCUT2D eigenvalue weighted by atomic mass is 9.88. The first-order valence-electron chi connectivity index (χ1n) is 6.55. The number of rotatable bonds is 6. The van der Waals surface area contributed by atoms with Crippen molar-refractivity contribution in [3.63, 3.8) is 0 Å². The van der Waals surface area contributed by atoms with Crippen molar-refractivity contribution in [2.75, 3.05) is 18.5 Å². The van der Waals surface area contributed by atoms with E-state index < -0.39 is 0 Å². The van der Waals surface area contributed by atoms with Crippen LogP contribution in [0.3, 0.4) is 0 Å². The number of benzene rings is 1. The topological polar surface area (TPSA) is 70.9 Å². The van der Waals surface area contributed by atoms with Crippen LogP contribution in [0.1, 0.15) is 26.7 Å². The van der Waals surface area contributed by atoms with Crippen LogP contribution in [0, 0.1) is 5.41 Å². The highest BCUT2D eigenvalue weighted by atomic mass is 16.2. The van der Waals surface area contributed by atoms with Crippen LogP contribution in [-0.4, -0.2) is 33.4 Å². The summed E-state index contributed by atoms with van der Waals surface area (Å²) in [4.78, 5) is 4.42. The number of aromatic nitrogens is 3. The zero-order valence-corrected chi connectivity index (χ0v) is 11.4. The molecule has 2 rings (SSSR count). The fourth-order valence-electron chi connectivity index (χ4n) is 1.92. The minimum Gasteiger partial charge on any atom is -0.396 e. The molecule has 1 aromatic carbocycles. The molecule has 0 aliphatic rings. The van der Waals surface area contributed by atoms with Crippen LogP contribution in [0.4, 0.5) is 5.95 Å². The molecule has 19 heavy (non-hydrogen) atoms. The van der Waals surface area contributed by atoms with Crippen LogP contribution in [0.2, 0.25) is 0 Å². The Bertz CT molecular complexity index is 542. The van der Waals surface area contributed by atoms with Gasteiger partial charge in [0.15, 0.2) is 0 Å². The molecule has 1 heterocycles. The van der Waals surface area contributed by atoms with Crippen LogP contribution in [0.5, 0.6) is 0 Å². The minimum atomic E-state index is 0.0950. The summed E-state index contributed by atoms with van der Waals surface area (Å²) >= 11 is 0. The number of fused-ring (bicyclic) bond motifs is 1. The van der Waals surface area contributed by atoms with Crippen LogP contribution in [-0.2, 0) is 0 Å². The molecular formula is C14H20N4O. The van der Waals surface area contributed by atoms with E-state index in [1.165, 1.54) is 0 Å². The summed E-state index contributed by atoms with van der Waals surface area (Å²) in [5.74, 6) is 0.552. The van der Waals surface area contributed by atoms with Gasteiger partial charge >= 0.3 is 0 Å². The van der Waals surface area contributed by atoms with Gasteiger partial charge in [0, 0.05) is 13.2 Å². The Morgan fingerprint density at radius 3 is 2.63 bits per heavy atom. The van der Waals surface area contributed by atoms with E-state index in [0.29, 0.717) is 5.95 Å². The van der Waals surface area contributed by atoms with E-state index in [4.69, 9.17) is 5.11 Å². The fourth-order valence-corrected chi connectivity index (χ4v) is 1.92. The number of aliphatic hydroxyl groups excluding tert-OH is 1. The van der Waals surface area contributed by atoms with Crippen molar-refractivity contribution >= 4 is 17.0 Å². The summed E-state index contributed by atoms with van der Waals surface area (Å²) in [6.45, 7) is 5.30. The van der Waals surface area contributed by atoms with Crippen LogP contribution in [0.15, 0.2) is 24.3 Å². The quantitative estimate of drug-likeness (QED) is 0.833. The van der Waals surface area contributed by atoms with Crippen molar-refractivity contribution in [2.45, 2.75) is 26.7 Å². The number of anilines is 1. The lowest BCUT2D eigenvalue weighted by Gasteiger charge is -2.24. The predicted molar refractivity (Wildman–Crippen MR) is 75.9 cm³/mol. The number of aliphatic hydroxyl groups is 1. The van der Waals surface area contributed by atoms with Crippen molar-refractivity contribution < 1.29 is 5.11 Å². The van der Waals surface area contributed by atoms with E-state index in [0.717, 1.165) is 30.4 Å². The SMILES string of the molecule is CC(C)(CCCO)CNc1nnc2ccccc2n1. The van der Waals surface area contributed by atoms with Gasteiger partial charge in [-0.05, 0) is 30.4 Å². The van der Waals surface area contributed by atoms with Crippen molar-refractivity contribution in [1.29, 1.82) is 0 Å². The van der Waals surface area contributed by atoms with Gasteiger partial charge in [0.1, 0.15) is 5.52 Å². The van der Waals surface area contributed by atoms with Crippen molar-refractivity contribution in [3.8, 4) is 0 Å². The average Bonchev–Trinajstić information content (AvgIpc) is 2.43. The summed E-state index contributed by atoms with van der Waals surface area (Å²) < 4.78 is 0. The van der Waals surface area contributed by atoms with E-state index in [1.807, 2.05) is 24.3 Å². The van der Waals surface area contributed by atoms with Gasteiger partial charge in [0.25, 0.3) is 0 Å². The average molecular weight is 260 g/mol. The van der Waals surface area contributed by atoms with Crippen LogP contribution < -0.4 is 5.32 Å². The molecule has 0 fully saturated rings. The maximum Gasteiger partial charge on any atom is 0.243 e. The Kier molecular flexibility index (Phi) is 4.27. The second-order valence-electron chi connectivity index (χ2n) is 5.47. The Morgan fingerprint density at radius 2 is 1.89 bits per heavy atom. The lowest BCUT2D eigenvalue weighted by molar-refractivity contribution is 0.247. The molecule has 0 aliphatic carbocycles. The van der Waals surface area contributed by atoms with E-state index in [1.54, 1.807) is 0 Å². The Hall–Kier alpha value is -1.75. The van der Waals surface area contributed by atoms with Gasteiger partial charge in [-0.25, -0.2) is 4.98 Å². The molecule has 0 saturated heterocycles. The number of nitrogens with one attached hydrogen (secondary N) is 1. The second kappa shape index (κ2) is 5.93. The van der Waals surface area contributed by atoms with Crippen molar-refractivity contribution in [3.05, 3.63) is 24.3 Å². The lowest BCUT2D eigenvalue weighted by Crippen LogP contribution is -2.24. The molecule has 1 aromatic heterocycles. The molecule has 0 aliphatic heterocycles. The molecule has 5 heteroatoms. The molecule has 2 N–H and O–H groups in total. The molecule has 0 atom stereocenters. The Labute approximate surface area is 113 Å². The van der Waals surface area contributed by atoms with Gasteiger partial charge in [-0.1, -0.05) is 26.0 Å². The van der Waals surface area contributed by atoms with Crippen molar-refractivity contribution in [1.82, 2.24) is 15.2 Å². The minimum absolute atomic E-state index is 0.0950. The maximum atomic E-state index is 8.88. The Morgan fingerprint density at radius 1 is 1.16 bits per heavy atom. The first-order chi connectivity index (χ1) is 9.11. The van der Waals surface area contributed by atoms with E-state index >= 15 is 0 Å². The first kappa shape index (κ1) is 13.7. The van der Waals surface area contributed by atoms with Gasteiger partial charge in [0.2, 0.25) is 5.95 Å². The van der Waals surface area contributed by atoms with E-state index in [-0.39, 0.29) is 12.0 Å². The zero-order valence-electron chi connectivity index (χ0n) is 11.4. The fraction of sp³-hybridized carbons (Fsp3) is 0.500. The standard InChI is InChI=1S/C14H20N4O/c1-14(2,8-5-9-19)10-15-13-16-11-6-3-4-7-12(11)17-18-13/h3-4,6-7,19H,5,8-10H2,1-2H3,(H,15,16,18). The first-order valence-corrected chi connectivity index (χ1v) is 6.55. The normalized spacial score (nSPS) is 11.7. The molecule has 0 bridgehead atoms. The van der Waals surface area contributed by atoms with Crippen LogP contribution in [0.25, 0.3) is 11.0 Å². The summed E-state index contributed by atoms with van der Waals surface area (Å²) in [5, 5.41) is 20.3. The third-order valence-corrected chi connectivity index (χ3v) is 3.10. The molecular weight excluding hydrogens is 240 g/mol. The molecule has 0 unspecified atom stereocenters. The molecule has 102 valence electrons. The summed E-state index contributed by atoms with van der Waals surface area (Å²) in [6.07, 6.45) is 1.77. The summed E-state index contributed by atoms with van der Waals surface area (Å²) in [5.41, 5.74) is 1.73. The van der Waals surface area contributed by atoms with Gasteiger partial charge in [0.05, 0.1) is 5.52 Å². The third kappa shape index (κ3) is 3.86. The van der Waals surface area contributed by atoms with E-state index in [2.05, 4.69) is 34.3 Å². The molecule has 2 aromatic rings. The van der Waals surface area contributed by atoms with Crippen LogP contribution >= 0.6 is 0 Å². The highest BCUT2D eigenvalue weighted by Crippen LogP contribution is 2.22. The largest absolute Gasteiger partial charge is 0.396 e. The van der Waals surface area contributed by atoms with Gasteiger partial charge < -0.3 is 10.4 Å². The summed E-state index contributed by atoms with van der Waals surface area (Å²) in [6, 6.07) is 7.67. The Balaban J connectivity index is 2.01. The van der Waals surface area contributed by atoms with Gasteiger partial charge in [-0.3, -0.25) is 0 Å². The summed E-state index contributed by atoms with van der Waals surface area (Å²) in [7, 11) is 0. The van der Waals surface area contributed by atoms with E-state index in [9.17, 15) is 0 Å². The maximum absolute atomic E-state index is 8.88. The molecule has 0 radical (unpaired) electrons.